The normalized spacial score (nSPS) is 14.5. The third kappa shape index (κ3) is 14.8. The smallest absolute Gasteiger partial charge is 0.339 e. The molecule has 1 rings (SSSR count). The summed E-state index contributed by atoms with van der Waals surface area (Å²) in [7, 11) is 6.16. The minimum atomic E-state index is -1.67. The van der Waals surface area contributed by atoms with Gasteiger partial charge in [-0.25, -0.2) is 4.79 Å². The van der Waals surface area contributed by atoms with Crippen LogP contribution in [0.25, 0.3) is 0 Å². The van der Waals surface area contributed by atoms with Crippen molar-refractivity contribution in [1.82, 2.24) is 0 Å². The SMILES string of the molecule is CC(=O)Oc1ccccc1C(=O)O.C[N+](C)(C)CCO.OC[C@@H](O)[C@@H](O)[C@H](O)[C@@H](O)CO. The van der Waals surface area contributed by atoms with E-state index >= 15 is 0 Å². The lowest BCUT2D eigenvalue weighted by Gasteiger charge is -2.24. The number of esters is 1. The second-order valence-corrected chi connectivity index (χ2v) is 7.61. The van der Waals surface area contributed by atoms with Gasteiger partial charge in [0.15, 0.2) is 0 Å². The number of aliphatic hydroxyl groups is 7. The third-order valence-corrected chi connectivity index (χ3v) is 3.65. The van der Waals surface area contributed by atoms with Crippen LogP contribution in [-0.4, -0.2) is 129 Å². The lowest BCUT2D eigenvalue weighted by molar-refractivity contribution is -0.870. The average Bonchev–Trinajstić information content (AvgIpc) is 2.71. The van der Waals surface area contributed by atoms with E-state index in [1.165, 1.54) is 19.1 Å². The molecule has 0 saturated heterocycles. The standard InChI is InChI=1S/C9H8O4.C6H14O6.C5H14NO/c1-6(10)13-8-5-3-2-4-7(8)9(11)12;7-1-3(9)5(11)6(12)4(10)2-8;1-6(2,3)4-5-7/h2-5H,1H3,(H,11,12);3-12H,1-2H2;7H,4-5H2,1-3H3/q;;+1/t;3-,4+,5-,6-;/m.1./s1. The summed E-state index contributed by atoms with van der Waals surface area (Å²) in [6.45, 7) is 0.884. The van der Waals surface area contributed by atoms with E-state index in [2.05, 4.69) is 25.9 Å². The Morgan fingerprint density at radius 2 is 1.34 bits per heavy atom. The lowest BCUT2D eigenvalue weighted by Crippen LogP contribution is -2.46. The monoisotopic (exact) mass is 466 g/mol. The third-order valence-electron chi connectivity index (χ3n) is 3.65. The Bertz CT molecular complexity index is 649. The number of para-hydroxylation sites is 1. The Morgan fingerprint density at radius 3 is 1.62 bits per heavy atom. The first-order valence-electron chi connectivity index (χ1n) is 9.57. The van der Waals surface area contributed by atoms with Crippen LogP contribution in [0.3, 0.4) is 0 Å². The molecule has 0 radical (unpaired) electrons. The fraction of sp³-hybridized carbons (Fsp3) is 0.600. The highest BCUT2D eigenvalue weighted by atomic mass is 16.5. The summed E-state index contributed by atoms with van der Waals surface area (Å²) in [5.41, 5.74) is -0.0160. The van der Waals surface area contributed by atoms with E-state index in [1.54, 1.807) is 12.1 Å². The first kappa shape index (κ1) is 32.0. The molecule has 1 aromatic rings. The number of likely N-dealkylation sites (N-methyl/N-ethyl adjacent to an activating group) is 1. The van der Waals surface area contributed by atoms with Crippen molar-refractivity contribution in [2.45, 2.75) is 31.3 Å². The maximum atomic E-state index is 10.6. The lowest BCUT2D eigenvalue weighted by atomic mass is 10.0. The number of carboxylic acid groups (broad SMARTS) is 1. The van der Waals surface area contributed by atoms with Gasteiger partial charge in [0.25, 0.3) is 0 Å². The minimum absolute atomic E-state index is 0.0160. The number of quaternary nitrogens is 1. The molecular weight excluding hydrogens is 430 g/mol. The van der Waals surface area contributed by atoms with Crippen LogP contribution in [0.4, 0.5) is 0 Å². The van der Waals surface area contributed by atoms with Crippen LogP contribution in [-0.2, 0) is 4.79 Å². The highest BCUT2D eigenvalue weighted by molar-refractivity contribution is 5.91. The molecule has 0 aliphatic carbocycles. The number of carboxylic acids is 1. The van der Waals surface area contributed by atoms with Gasteiger partial charge in [-0.3, -0.25) is 4.79 Å². The Hall–Kier alpha value is -2.16. The van der Waals surface area contributed by atoms with Crippen molar-refractivity contribution in [2.75, 3.05) is 47.5 Å². The van der Waals surface area contributed by atoms with Gasteiger partial charge in [0, 0.05) is 6.92 Å². The first-order chi connectivity index (χ1) is 14.7. The number of ether oxygens (including phenoxy) is 1. The molecule has 12 heteroatoms. The molecule has 0 amide bonds. The fourth-order valence-electron chi connectivity index (χ4n) is 1.86. The second kappa shape index (κ2) is 16.5. The molecule has 0 bridgehead atoms. The van der Waals surface area contributed by atoms with E-state index in [0.717, 1.165) is 11.0 Å². The van der Waals surface area contributed by atoms with Crippen molar-refractivity contribution in [3.8, 4) is 5.75 Å². The van der Waals surface area contributed by atoms with Crippen LogP contribution in [0.5, 0.6) is 5.75 Å². The molecule has 0 aliphatic rings. The Morgan fingerprint density at radius 1 is 0.906 bits per heavy atom. The summed E-state index contributed by atoms with van der Waals surface area (Å²) in [5.74, 6) is -1.58. The molecular formula is C20H36NO11+. The zero-order valence-electron chi connectivity index (χ0n) is 18.7. The van der Waals surface area contributed by atoms with Crippen LogP contribution in [0.1, 0.15) is 17.3 Å². The topological polar surface area (TPSA) is 205 Å². The van der Waals surface area contributed by atoms with Gasteiger partial charge in [0.1, 0.15) is 42.3 Å². The molecule has 12 nitrogen and oxygen atoms in total. The predicted octanol–water partition coefficient (Wildman–Crippen LogP) is -2.59. The van der Waals surface area contributed by atoms with Crippen LogP contribution in [0.15, 0.2) is 24.3 Å². The van der Waals surface area contributed by atoms with E-state index < -0.39 is 49.6 Å². The van der Waals surface area contributed by atoms with Gasteiger partial charge in [-0.05, 0) is 12.1 Å². The fourth-order valence-corrected chi connectivity index (χ4v) is 1.86. The zero-order valence-corrected chi connectivity index (χ0v) is 18.7. The van der Waals surface area contributed by atoms with Crippen LogP contribution in [0.2, 0.25) is 0 Å². The molecule has 0 saturated carbocycles. The van der Waals surface area contributed by atoms with Gasteiger partial charge < -0.3 is 50.1 Å². The molecule has 4 atom stereocenters. The molecule has 0 heterocycles. The maximum absolute atomic E-state index is 10.6. The summed E-state index contributed by atoms with van der Waals surface area (Å²) in [4.78, 5) is 21.2. The number of nitrogens with zero attached hydrogens (tertiary/aromatic N) is 1. The van der Waals surface area contributed by atoms with E-state index in [1.807, 2.05) is 0 Å². The van der Waals surface area contributed by atoms with Gasteiger partial charge in [0.2, 0.25) is 0 Å². The summed E-state index contributed by atoms with van der Waals surface area (Å²) in [6.07, 6.45) is -6.39. The van der Waals surface area contributed by atoms with Crippen LogP contribution in [0, 0.1) is 0 Å². The van der Waals surface area contributed by atoms with Crippen molar-refractivity contribution in [3.63, 3.8) is 0 Å². The van der Waals surface area contributed by atoms with Gasteiger partial charge in [-0.15, -0.1) is 0 Å². The highest BCUT2D eigenvalue weighted by Crippen LogP contribution is 2.17. The number of rotatable bonds is 9. The van der Waals surface area contributed by atoms with Gasteiger partial charge in [-0.1, -0.05) is 12.1 Å². The number of carbonyl (C=O) groups excluding carboxylic acids is 1. The minimum Gasteiger partial charge on any atom is -0.478 e. The number of hydrogen-bond acceptors (Lipinski definition) is 10. The molecule has 1 aromatic carbocycles. The molecule has 32 heavy (non-hydrogen) atoms. The van der Waals surface area contributed by atoms with E-state index in [0.29, 0.717) is 0 Å². The van der Waals surface area contributed by atoms with Crippen molar-refractivity contribution in [3.05, 3.63) is 29.8 Å². The summed E-state index contributed by atoms with van der Waals surface area (Å²) in [6, 6.07) is 5.98. The Kier molecular flexibility index (Phi) is 16.5. The number of carbonyl (C=O) groups is 2. The molecule has 0 unspecified atom stereocenters. The van der Waals surface area contributed by atoms with Crippen molar-refractivity contribution >= 4 is 11.9 Å². The number of aliphatic hydroxyl groups excluding tert-OH is 7. The summed E-state index contributed by atoms with van der Waals surface area (Å²) in [5, 5.41) is 69.3. The van der Waals surface area contributed by atoms with Crippen molar-refractivity contribution in [2.24, 2.45) is 0 Å². The molecule has 0 aliphatic heterocycles. The van der Waals surface area contributed by atoms with Crippen LogP contribution >= 0.6 is 0 Å². The summed E-state index contributed by atoms with van der Waals surface area (Å²) >= 11 is 0. The van der Waals surface area contributed by atoms with E-state index in [-0.39, 0.29) is 17.9 Å². The Labute approximate surface area is 186 Å². The number of aromatic carboxylic acids is 1. The van der Waals surface area contributed by atoms with Gasteiger partial charge >= 0.3 is 11.9 Å². The van der Waals surface area contributed by atoms with Crippen molar-refractivity contribution < 1.29 is 59.7 Å². The van der Waals surface area contributed by atoms with E-state index in [4.69, 9.17) is 40.9 Å². The van der Waals surface area contributed by atoms with Gasteiger partial charge in [-0.2, -0.15) is 0 Å². The van der Waals surface area contributed by atoms with Crippen molar-refractivity contribution in [1.29, 1.82) is 0 Å². The Balaban J connectivity index is 0. The largest absolute Gasteiger partial charge is 0.478 e. The molecule has 0 aromatic heterocycles. The first-order valence-corrected chi connectivity index (χ1v) is 9.57. The molecule has 0 spiro atoms. The predicted molar refractivity (Wildman–Crippen MR) is 113 cm³/mol. The quantitative estimate of drug-likeness (QED) is 0.108. The molecule has 8 N–H and O–H groups in total. The van der Waals surface area contributed by atoms with E-state index in [9.17, 15) is 9.59 Å². The maximum Gasteiger partial charge on any atom is 0.339 e. The summed E-state index contributed by atoms with van der Waals surface area (Å²) < 4.78 is 5.53. The molecule has 0 fully saturated rings. The zero-order chi connectivity index (χ0) is 25.5. The molecule has 186 valence electrons. The number of hydrogen-bond donors (Lipinski definition) is 8. The average molecular weight is 467 g/mol. The van der Waals surface area contributed by atoms with Crippen LogP contribution < -0.4 is 4.74 Å². The second-order valence-electron chi connectivity index (χ2n) is 7.61. The highest BCUT2D eigenvalue weighted by Gasteiger charge is 2.29. The number of benzene rings is 1. The van der Waals surface area contributed by atoms with Gasteiger partial charge in [0.05, 0.1) is 41.0 Å².